The van der Waals surface area contributed by atoms with Gasteiger partial charge in [0.05, 0.1) is 13.2 Å². The number of phosphoric acid groups is 1. The van der Waals surface area contributed by atoms with Crippen molar-refractivity contribution in [1.29, 1.82) is 0 Å². The van der Waals surface area contributed by atoms with Crippen LogP contribution in [0.3, 0.4) is 0 Å². The molecular formula is C53H80NO8P. The maximum Gasteiger partial charge on any atom is 0.472 e. The number of carbonyl (C=O) groups excluding carboxylic acids is 2. The molecule has 9 nitrogen and oxygen atoms in total. The summed E-state index contributed by atoms with van der Waals surface area (Å²) in [6, 6.07) is 0. The number of hydrogen-bond donors (Lipinski definition) is 3. The number of ether oxygens (including phenoxy) is 1. The van der Waals surface area contributed by atoms with Crippen LogP contribution in [0.25, 0.3) is 0 Å². The molecule has 63 heavy (non-hydrogen) atoms. The van der Waals surface area contributed by atoms with E-state index in [1.807, 2.05) is 12.2 Å². The van der Waals surface area contributed by atoms with Gasteiger partial charge in [-0.1, -0.05) is 172 Å². The van der Waals surface area contributed by atoms with Crippen LogP contribution in [0.4, 0.5) is 0 Å². The largest absolute Gasteiger partial charge is 0.472 e. The van der Waals surface area contributed by atoms with Crippen LogP contribution in [0.2, 0.25) is 0 Å². The van der Waals surface area contributed by atoms with Gasteiger partial charge < -0.3 is 20.1 Å². The minimum Gasteiger partial charge on any atom is -0.463 e. The second-order valence-corrected chi connectivity index (χ2v) is 15.7. The summed E-state index contributed by atoms with van der Waals surface area (Å²) >= 11 is 0. The molecular weight excluding hydrogens is 810 g/mol. The number of allylic oxidation sites excluding steroid dienone is 25. The Labute approximate surface area is 381 Å². The summed E-state index contributed by atoms with van der Waals surface area (Å²) < 4.78 is 26.8. The van der Waals surface area contributed by atoms with Gasteiger partial charge in [-0.05, 0) is 103 Å². The average molecular weight is 890 g/mol. The SMILES string of the molecule is CC/C=C\C/C=C\C/C=C\C/C=C\C/C=C\C/C=C\C/C=C\CC(=O)NCCOP(=O)(O)OCC(O)COC(=O)CCCC/C=C\C/C=C\C/C=C\C/C=C\C/C=C\C/C=C\CC. The summed E-state index contributed by atoms with van der Waals surface area (Å²) in [5, 5.41) is 12.6. The Morgan fingerprint density at radius 1 is 0.508 bits per heavy atom. The number of unbranched alkanes of at least 4 members (excludes halogenated alkanes) is 2. The quantitative estimate of drug-likeness (QED) is 0.0240. The number of amides is 1. The molecule has 2 atom stereocenters. The molecule has 0 fully saturated rings. The number of phosphoric ester groups is 1. The zero-order valence-electron chi connectivity index (χ0n) is 38.4. The number of aliphatic hydroxyl groups is 1. The lowest BCUT2D eigenvalue weighted by atomic mass is 10.2. The number of carbonyl (C=O) groups is 2. The first-order valence-corrected chi connectivity index (χ1v) is 24.5. The molecule has 0 saturated carbocycles. The van der Waals surface area contributed by atoms with Crippen molar-refractivity contribution in [2.75, 3.05) is 26.4 Å². The first-order chi connectivity index (χ1) is 30.8. The Morgan fingerprint density at radius 2 is 0.873 bits per heavy atom. The van der Waals surface area contributed by atoms with E-state index in [2.05, 4.69) is 159 Å². The van der Waals surface area contributed by atoms with Gasteiger partial charge in [0.25, 0.3) is 0 Å². The van der Waals surface area contributed by atoms with Gasteiger partial charge in [-0.3, -0.25) is 18.6 Å². The molecule has 0 aromatic carbocycles. The zero-order valence-corrected chi connectivity index (χ0v) is 39.3. The van der Waals surface area contributed by atoms with E-state index in [4.69, 9.17) is 13.8 Å². The van der Waals surface area contributed by atoms with Crippen LogP contribution < -0.4 is 5.32 Å². The number of hydrogen-bond acceptors (Lipinski definition) is 7. The molecule has 0 aliphatic heterocycles. The van der Waals surface area contributed by atoms with Crippen LogP contribution in [0.15, 0.2) is 158 Å². The van der Waals surface area contributed by atoms with Crippen LogP contribution in [-0.2, 0) is 27.9 Å². The van der Waals surface area contributed by atoms with Gasteiger partial charge in [-0.15, -0.1) is 0 Å². The molecule has 0 aliphatic carbocycles. The maximum atomic E-state index is 12.1. The van der Waals surface area contributed by atoms with E-state index in [1.54, 1.807) is 6.08 Å². The first kappa shape index (κ1) is 58.6. The third-order valence-electron chi connectivity index (χ3n) is 8.48. The third-order valence-corrected chi connectivity index (χ3v) is 9.47. The van der Waals surface area contributed by atoms with Crippen LogP contribution in [-0.4, -0.2) is 54.3 Å². The fourth-order valence-electron chi connectivity index (χ4n) is 5.10. The summed E-state index contributed by atoms with van der Waals surface area (Å²) in [4.78, 5) is 33.9. The minimum absolute atomic E-state index is 0.00793. The van der Waals surface area contributed by atoms with Gasteiger partial charge in [0.15, 0.2) is 0 Å². The average Bonchev–Trinajstić information content (AvgIpc) is 3.27. The summed E-state index contributed by atoms with van der Waals surface area (Å²) in [5.74, 6) is -0.711. The highest BCUT2D eigenvalue weighted by molar-refractivity contribution is 7.47. The number of aliphatic hydroxyl groups excluding tert-OH is 1. The van der Waals surface area contributed by atoms with E-state index >= 15 is 0 Å². The van der Waals surface area contributed by atoms with Gasteiger partial charge in [-0.2, -0.15) is 0 Å². The van der Waals surface area contributed by atoms with E-state index in [0.29, 0.717) is 12.8 Å². The number of nitrogens with one attached hydrogen (secondary N) is 1. The van der Waals surface area contributed by atoms with Gasteiger partial charge >= 0.3 is 13.8 Å². The molecule has 0 rings (SSSR count). The van der Waals surface area contributed by atoms with Crippen molar-refractivity contribution < 1.29 is 37.9 Å². The van der Waals surface area contributed by atoms with Crippen molar-refractivity contribution in [2.24, 2.45) is 0 Å². The maximum absolute atomic E-state index is 12.1. The highest BCUT2D eigenvalue weighted by atomic mass is 31.2. The summed E-state index contributed by atoms with van der Waals surface area (Å²) in [6.45, 7) is 3.11. The van der Waals surface area contributed by atoms with Crippen molar-refractivity contribution in [3.8, 4) is 0 Å². The molecule has 350 valence electrons. The molecule has 2 unspecified atom stereocenters. The highest BCUT2D eigenvalue weighted by Crippen LogP contribution is 2.42. The minimum atomic E-state index is -4.47. The lowest BCUT2D eigenvalue weighted by Gasteiger charge is -2.15. The lowest BCUT2D eigenvalue weighted by molar-refractivity contribution is -0.147. The van der Waals surface area contributed by atoms with E-state index in [1.165, 1.54) is 0 Å². The third kappa shape index (κ3) is 48.5. The van der Waals surface area contributed by atoms with Crippen LogP contribution in [0, 0.1) is 0 Å². The molecule has 0 spiro atoms. The van der Waals surface area contributed by atoms with E-state index in [-0.39, 0.29) is 38.5 Å². The molecule has 0 bridgehead atoms. The Hall–Kier alpha value is -4.37. The van der Waals surface area contributed by atoms with E-state index in [0.717, 1.165) is 89.9 Å². The predicted molar refractivity (Wildman–Crippen MR) is 265 cm³/mol. The fourth-order valence-corrected chi connectivity index (χ4v) is 5.86. The first-order valence-electron chi connectivity index (χ1n) is 23.0. The lowest BCUT2D eigenvalue weighted by Crippen LogP contribution is -2.26. The van der Waals surface area contributed by atoms with Crippen LogP contribution in [0.5, 0.6) is 0 Å². The van der Waals surface area contributed by atoms with Crippen molar-refractivity contribution in [3.05, 3.63) is 158 Å². The molecule has 0 aliphatic rings. The monoisotopic (exact) mass is 890 g/mol. The second-order valence-electron chi connectivity index (χ2n) is 14.3. The smallest absolute Gasteiger partial charge is 0.463 e. The molecule has 3 N–H and O–H groups in total. The van der Waals surface area contributed by atoms with Crippen LogP contribution >= 0.6 is 7.82 Å². The molecule has 10 heteroatoms. The Kier molecular flexibility index (Phi) is 43.8. The van der Waals surface area contributed by atoms with Crippen molar-refractivity contribution in [2.45, 2.75) is 136 Å². The second kappa shape index (κ2) is 47.1. The number of esters is 1. The van der Waals surface area contributed by atoms with Gasteiger partial charge in [-0.25, -0.2) is 4.57 Å². The fraction of sp³-hybridized carbons (Fsp3) is 0.472. The Morgan fingerprint density at radius 3 is 1.27 bits per heavy atom. The Bertz CT molecular complexity index is 1570. The number of rotatable bonds is 40. The predicted octanol–water partition coefficient (Wildman–Crippen LogP) is 13.4. The molecule has 0 radical (unpaired) electrons. The summed E-state index contributed by atoms with van der Waals surface area (Å²) in [7, 11) is -4.47. The van der Waals surface area contributed by atoms with Crippen molar-refractivity contribution >= 4 is 19.7 Å². The highest BCUT2D eigenvalue weighted by Gasteiger charge is 2.23. The summed E-state index contributed by atoms with van der Waals surface area (Å²) in [5.41, 5.74) is 0. The topological polar surface area (TPSA) is 131 Å². The van der Waals surface area contributed by atoms with Gasteiger partial charge in [0.2, 0.25) is 5.91 Å². The van der Waals surface area contributed by atoms with E-state index in [9.17, 15) is 24.2 Å². The molecule has 1 amide bonds. The normalized spacial score (nSPS) is 14.7. The van der Waals surface area contributed by atoms with Gasteiger partial charge in [0.1, 0.15) is 12.7 Å². The van der Waals surface area contributed by atoms with E-state index < -0.39 is 26.5 Å². The molecule has 0 saturated heterocycles. The molecule has 0 aromatic rings. The zero-order chi connectivity index (χ0) is 46.0. The molecule has 0 heterocycles. The van der Waals surface area contributed by atoms with Crippen LogP contribution in [0.1, 0.15) is 129 Å². The Balaban J connectivity index is 3.83. The van der Waals surface area contributed by atoms with Gasteiger partial charge in [0, 0.05) is 19.4 Å². The molecule has 0 aromatic heterocycles. The van der Waals surface area contributed by atoms with Crippen molar-refractivity contribution in [1.82, 2.24) is 5.32 Å². The summed E-state index contributed by atoms with van der Waals surface area (Å²) in [6.07, 6.45) is 69.2. The van der Waals surface area contributed by atoms with Crippen molar-refractivity contribution in [3.63, 3.8) is 0 Å². The standard InChI is InChI=1S/C53H80NO8P/c1-3-5-7-9-11-13-15-17-19-21-23-25-27-29-31-33-35-37-39-41-43-45-52(56)54-47-48-61-63(58,59)62-50-51(55)49-60-53(57)46-44-42-40-38-36-34-32-30-28-26-24-22-20-18-16-14-12-10-8-6-4-2/h5-8,11-14,17-20,23-26,29-32,35-38,41,43,51,55H,3-4,9-10,15-16,21-22,27-28,33-34,39-40,42,44-50H2,1-2H3,(H,54,56)(H,58,59)/b7-5-,8-6-,13-11-,14-12-,19-17-,20-18-,25-23-,26-24-,31-29-,32-30-,37-35-,38-36-,43-41-.